The number of Topliss-reactive ketones (excluding diaryl/α,β-unsaturated/α-hetero) is 1. The molecular formula is C29H70O3. The lowest BCUT2D eigenvalue weighted by Gasteiger charge is -1.95. The van der Waals surface area contributed by atoms with Crippen LogP contribution < -0.4 is 0 Å². The normalized spacial score (nSPS) is 8.12. The van der Waals surface area contributed by atoms with E-state index in [0.29, 0.717) is 6.61 Å². The van der Waals surface area contributed by atoms with Crippen molar-refractivity contribution < 1.29 is 14.3 Å². The van der Waals surface area contributed by atoms with Crippen LogP contribution in [-0.2, 0) is 14.3 Å². The van der Waals surface area contributed by atoms with E-state index in [0.717, 1.165) is 32.5 Å². The summed E-state index contributed by atoms with van der Waals surface area (Å²) in [5.74, 6) is 0.0958. The first-order valence-electron chi connectivity index (χ1n) is 13.5. The molecule has 0 aromatic heterocycles. The van der Waals surface area contributed by atoms with Crippen molar-refractivity contribution in [2.75, 3.05) is 26.4 Å². The molecule has 0 amide bonds. The van der Waals surface area contributed by atoms with Gasteiger partial charge in [-0.1, -0.05) is 135 Å². The van der Waals surface area contributed by atoms with Crippen molar-refractivity contribution >= 4 is 5.78 Å². The Balaban J connectivity index is -0.0000000480. The van der Waals surface area contributed by atoms with Crippen LogP contribution in [0.1, 0.15) is 161 Å². The minimum atomic E-state index is 0. The van der Waals surface area contributed by atoms with Crippen molar-refractivity contribution in [3.8, 4) is 0 Å². The molecule has 204 valence electrons. The SMILES string of the molecule is C.CCCC.CCCC.CCCC.CCCC.CCCOCC(C)=O.CCCOCCC. The van der Waals surface area contributed by atoms with E-state index in [2.05, 4.69) is 69.2 Å². The summed E-state index contributed by atoms with van der Waals surface area (Å²) in [5, 5.41) is 0. The van der Waals surface area contributed by atoms with Crippen LogP contribution in [0.25, 0.3) is 0 Å². The first-order valence-corrected chi connectivity index (χ1v) is 13.5. The summed E-state index contributed by atoms with van der Waals surface area (Å²) in [6, 6.07) is 0. The monoisotopic (exact) mass is 467 g/mol. The maximum Gasteiger partial charge on any atom is 0.155 e. The van der Waals surface area contributed by atoms with Crippen molar-refractivity contribution in [3.63, 3.8) is 0 Å². The molecule has 0 spiro atoms. The zero-order valence-electron chi connectivity index (χ0n) is 24.3. The molecule has 0 bridgehead atoms. The fourth-order valence-electron chi connectivity index (χ4n) is 0.751. The Morgan fingerprint density at radius 3 is 0.812 bits per heavy atom. The Labute approximate surface area is 207 Å². The Kier molecular flexibility index (Phi) is 107. The van der Waals surface area contributed by atoms with Gasteiger partial charge >= 0.3 is 0 Å². The molecule has 0 heterocycles. The van der Waals surface area contributed by atoms with Crippen LogP contribution in [0, 0.1) is 0 Å². The van der Waals surface area contributed by atoms with E-state index in [1.165, 1.54) is 58.3 Å². The largest absolute Gasteiger partial charge is 0.381 e. The van der Waals surface area contributed by atoms with E-state index < -0.39 is 0 Å². The van der Waals surface area contributed by atoms with Gasteiger partial charge in [0.25, 0.3) is 0 Å². The second-order valence-electron chi connectivity index (χ2n) is 7.37. The number of carbonyl (C=O) groups excluding carboxylic acids is 1. The smallest absolute Gasteiger partial charge is 0.155 e. The summed E-state index contributed by atoms with van der Waals surface area (Å²) in [4.78, 5) is 10.2. The molecule has 0 unspecified atom stereocenters. The molecule has 0 aliphatic rings. The molecule has 0 radical (unpaired) electrons. The van der Waals surface area contributed by atoms with Crippen molar-refractivity contribution in [2.45, 2.75) is 161 Å². The lowest BCUT2D eigenvalue weighted by Crippen LogP contribution is -2.03. The minimum Gasteiger partial charge on any atom is -0.381 e. The highest BCUT2D eigenvalue weighted by molar-refractivity contribution is 5.76. The van der Waals surface area contributed by atoms with Gasteiger partial charge in [0.15, 0.2) is 5.78 Å². The van der Waals surface area contributed by atoms with Crippen LogP contribution in [0.15, 0.2) is 0 Å². The summed E-state index contributed by atoms with van der Waals surface area (Å²) in [6.07, 6.45) is 13.8. The fraction of sp³-hybridized carbons (Fsp3) is 0.966. The zero-order chi connectivity index (χ0) is 25.6. The van der Waals surface area contributed by atoms with Gasteiger partial charge in [-0.25, -0.2) is 0 Å². The molecule has 32 heavy (non-hydrogen) atoms. The number of ketones is 1. The van der Waals surface area contributed by atoms with Crippen LogP contribution in [-0.4, -0.2) is 32.2 Å². The van der Waals surface area contributed by atoms with E-state index in [1.807, 2.05) is 6.92 Å². The number of rotatable bonds is 12. The predicted molar refractivity (Wildman–Crippen MR) is 152 cm³/mol. The number of hydrogen-bond acceptors (Lipinski definition) is 3. The summed E-state index contributed by atoms with van der Waals surface area (Å²) >= 11 is 0. The molecule has 0 aromatic carbocycles. The summed E-state index contributed by atoms with van der Waals surface area (Å²) in [6.45, 7) is 28.0. The fourth-order valence-corrected chi connectivity index (χ4v) is 0.751. The van der Waals surface area contributed by atoms with Gasteiger partial charge in [-0.3, -0.25) is 4.79 Å². The van der Waals surface area contributed by atoms with Gasteiger partial charge in [-0.05, 0) is 26.2 Å². The van der Waals surface area contributed by atoms with E-state index in [4.69, 9.17) is 9.47 Å². The zero-order valence-corrected chi connectivity index (χ0v) is 24.3. The number of hydrogen-bond donors (Lipinski definition) is 0. The van der Waals surface area contributed by atoms with Crippen molar-refractivity contribution in [1.29, 1.82) is 0 Å². The molecule has 0 aliphatic heterocycles. The van der Waals surface area contributed by atoms with Gasteiger partial charge in [0, 0.05) is 19.8 Å². The average Bonchev–Trinajstić information content (AvgIpc) is 2.80. The van der Waals surface area contributed by atoms with E-state index >= 15 is 0 Å². The predicted octanol–water partition coefficient (Wildman–Crippen LogP) is 10.7. The third kappa shape index (κ3) is 153. The highest BCUT2D eigenvalue weighted by atomic mass is 16.5. The van der Waals surface area contributed by atoms with Crippen LogP contribution in [0.2, 0.25) is 0 Å². The van der Waals surface area contributed by atoms with Gasteiger partial charge in [-0.15, -0.1) is 0 Å². The third-order valence-electron chi connectivity index (χ3n) is 3.35. The average molecular weight is 467 g/mol. The molecule has 0 saturated heterocycles. The van der Waals surface area contributed by atoms with Crippen LogP contribution in [0.3, 0.4) is 0 Å². The van der Waals surface area contributed by atoms with Crippen LogP contribution in [0.5, 0.6) is 0 Å². The van der Waals surface area contributed by atoms with Gasteiger partial charge in [-0.2, -0.15) is 0 Å². The van der Waals surface area contributed by atoms with Crippen LogP contribution >= 0.6 is 0 Å². The Morgan fingerprint density at radius 1 is 0.438 bits per heavy atom. The summed E-state index contributed by atoms with van der Waals surface area (Å²) in [7, 11) is 0. The second-order valence-corrected chi connectivity index (χ2v) is 7.37. The lowest BCUT2D eigenvalue weighted by atomic mass is 10.4. The minimum absolute atomic E-state index is 0. The molecule has 0 aliphatic carbocycles. The molecule has 0 fully saturated rings. The molecule has 3 heteroatoms. The third-order valence-corrected chi connectivity index (χ3v) is 3.35. The number of unbranched alkanes of at least 4 members (excludes halogenated alkanes) is 4. The second kappa shape index (κ2) is 69.8. The maximum absolute atomic E-state index is 10.2. The summed E-state index contributed by atoms with van der Waals surface area (Å²) in [5.41, 5.74) is 0. The molecule has 3 nitrogen and oxygen atoms in total. The Bertz CT molecular complexity index is 190. The van der Waals surface area contributed by atoms with Gasteiger partial charge in [0.1, 0.15) is 6.61 Å². The standard InChI is InChI=1S/C6H12O2.C6H14O.4C4H10.CH4/c1-3-4-8-5-6(2)7;1-3-5-7-6-4-2;4*1-3-4-2;/h3-5H2,1-2H3;3-6H2,1-2H3;4*3-4H2,1-2H3;1H4. The van der Waals surface area contributed by atoms with E-state index in [-0.39, 0.29) is 19.8 Å². The molecule has 0 aromatic rings. The Hall–Kier alpha value is -0.410. The highest BCUT2D eigenvalue weighted by Crippen LogP contribution is 1.82. The quantitative estimate of drug-likeness (QED) is 0.268. The topological polar surface area (TPSA) is 35.5 Å². The van der Waals surface area contributed by atoms with E-state index in [9.17, 15) is 4.79 Å². The van der Waals surface area contributed by atoms with Crippen LogP contribution in [0.4, 0.5) is 0 Å². The first-order chi connectivity index (χ1) is 14.8. The molecular weight excluding hydrogens is 396 g/mol. The van der Waals surface area contributed by atoms with Gasteiger partial charge in [0.2, 0.25) is 0 Å². The number of carbonyl (C=O) groups is 1. The molecule has 0 rings (SSSR count). The van der Waals surface area contributed by atoms with E-state index in [1.54, 1.807) is 0 Å². The molecule has 0 saturated carbocycles. The molecule has 0 N–H and O–H groups in total. The van der Waals surface area contributed by atoms with Crippen molar-refractivity contribution in [2.24, 2.45) is 0 Å². The maximum atomic E-state index is 10.2. The summed E-state index contributed by atoms with van der Waals surface area (Å²) < 4.78 is 10.0. The number of ether oxygens (including phenoxy) is 2. The van der Waals surface area contributed by atoms with Gasteiger partial charge in [0.05, 0.1) is 0 Å². The first kappa shape index (κ1) is 48.9. The van der Waals surface area contributed by atoms with Crippen molar-refractivity contribution in [1.82, 2.24) is 0 Å². The van der Waals surface area contributed by atoms with Crippen molar-refractivity contribution in [3.05, 3.63) is 0 Å². The Morgan fingerprint density at radius 2 is 0.656 bits per heavy atom. The molecule has 0 atom stereocenters. The van der Waals surface area contributed by atoms with Gasteiger partial charge < -0.3 is 9.47 Å². The highest BCUT2D eigenvalue weighted by Gasteiger charge is 1.88. The lowest BCUT2D eigenvalue weighted by molar-refractivity contribution is -0.121.